The Balaban J connectivity index is -0.000000245. The van der Waals surface area contributed by atoms with Crippen LogP contribution in [-0.2, 0) is 9.59 Å². The van der Waals surface area contributed by atoms with E-state index >= 15 is 0 Å². The molecular weight excluding hydrogens is 198 g/mol. The molecule has 0 aromatic carbocycles. The molecule has 5 heteroatoms. The third kappa shape index (κ3) is 11.9. The molecule has 2 N–H and O–H groups in total. The maximum absolute atomic E-state index is 9.55. The van der Waals surface area contributed by atoms with Crippen molar-refractivity contribution in [3.05, 3.63) is 12.2 Å². The molecule has 0 rings (SSSR count). The van der Waals surface area contributed by atoms with E-state index in [1.165, 1.54) is 0 Å². The second kappa shape index (κ2) is 6.60. The molecule has 0 unspecified atom stereocenters. The Labute approximate surface area is 102 Å². The maximum atomic E-state index is 9.55. The fraction of sp³-hybridized carbons (Fsp3) is 0. The van der Waals surface area contributed by atoms with E-state index in [-0.39, 0.29) is 59.6 Å². The van der Waals surface area contributed by atoms with E-state index in [1.807, 2.05) is 0 Å². The van der Waals surface area contributed by atoms with Crippen molar-refractivity contribution >= 4 is 11.9 Å². The quantitative estimate of drug-likeness (QED) is 0.464. The molecule has 0 aliphatic rings. The summed E-state index contributed by atoms with van der Waals surface area (Å²) in [7, 11) is 0. The molecule has 0 radical (unpaired) electrons. The summed E-state index contributed by atoms with van der Waals surface area (Å²) in [5, 5.41) is 15.6. The number of hydrogen-bond donors (Lipinski definition) is 2. The van der Waals surface area contributed by atoms with Gasteiger partial charge in [0, 0.05) is 12.2 Å². The molecule has 9 heavy (non-hydrogen) atoms. The van der Waals surface area contributed by atoms with Crippen molar-refractivity contribution in [3.63, 3.8) is 0 Å². The SMILES string of the molecule is O=C(O)/C=C\C(=O)O.[H-].[Rb+]. The summed E-state index contributed by atoms with van der Waals surface area (Å²) < 4.78 is 0. The monoisotopic (exact) mass is 202 g/mol. The minimum absolute atomic E-state index is 0. The zero-order valence-electron chi connectivity index (χ0n) is 5.87. The number of hydrogen-bond acceptors (Lipinski definition) is 2. The molecule has 0 saturated carbocycles. The zero-order chi connectivity index (χ0) is 6.57. The van der Waals surface area contributed by atoms with Crippen molar-refractivity contribution in [2.75, 3.05) is 0 Å². The van der Waals surface area contributed by atoms with Crippen LogP contribution in [0.4, 0.5) is 0 Å². The van der Waals surface area contributed by atoms with E-state index in [1.54, 1.807) is 0 Å². The summed E-state index contributed by atoms with van der Waals surface area (Å²) >= 11 is 0. The van der Waals surface area contributed by atoms with Crippen molar-refractivity contribution < 1.29 is 79.4 Å². The maximum Gasteiger partial charge on any atom is 1.00 e. The minimum atomic E-state index is -1.26. The van der Waals surface area contributed by atoms with E-state index < -0.39 is 11.9 Å². The Kier molecular flexibility index (Phi) is 8.94. The van der Waals surface area contributed by atoms with Crippen LogP contribution in [0.1, 0.15) is 1.43 Å². The van der Waals surface area contributed by atoms with Gasteiger partial charge >= 0.3 is 70.1 Å². The molecule has 0 heterocycles. The van der Waals surface area contributed by atoms with Crippen molar-refractivity contribution in [1.29, 1.82) is 0 Å². The van der Waals surface area contributed by atoms with Crippen LogP contribution < -0.4 is 58.2 Å². The molecule has 4 nitrogen and oxygen atoms in total. The summed E-state index contributed by atoms with van der Waals surface area (Å²) in [6.45, 7) is 0. The van der Waals surface area contributed by atoms with Gasteiger partial charge in [-0.1, -0.05) is 0 Å². The Morgan fingerprint density at radius 1 is 1.11 bits per heavy atom. The van der Waals surface area contributed by atoms with Gasteiger partial charge in [-0.3, -0.25) is 0 Å². The first-order valence-electron chi connectivity index (χ1n) is 1.77. The van der Waals surface area contributed by atoms with E-state index in [0.717, 1.165) is 0 Å². The Bertz CT molecular complexity index is 128. The predicted octanol–water partition coefficient (Wildman–Crippen LogP) is -3.17. The van der Waals surface area contributed by atoms with Crippen LogP contribution in [0.15, 0.2) is 12.2 Å². The molecule has 0 aromatic rings. The molecule has 0 atom stereocenters. The van der Waals surface area contributed by atoms with Crippen LogP contribution in [0.25, 0.3) is 0 Å². The topological polar surface area (TPSA) is 74.6 Å². The van der Waals surface area contributed by atoms with E-state index in [9.17, 15) is 9.59 Å². The van der Waals surface area contributed by atoms with E-state index in [2.05, 4.69) is 0 Å². The number of carboxylic acids is 2. The van der Waals surface area contributed by atoms with Gasteiger partial charge in [0.15, 0.2) is 0 Å². The van der Waals surface area contributed by atoms with E-state index in [4.69, 9.17) is 10.2 Å². The normalized spacial score (nSPS) is 8.44. The standard InChI is InChI=1S/C4H4O4.Rb.H/c5-3(6)1-2-4(7)8;;/h1-2H,(H,5,6)(H,7,8);;/q;+1;-1/b2-1-;;. The van der Waals surface area contributed by atoms with Crippen molar-refractivity contribution in [3.8, 4) is 0 Å². The fourth-order valence-electron chi connectivity index (χ4n) is 0.143. The summed E-state index contributed by atoms with van der Waals surface area (Å²) in [6, 6.07) is 0. The Morgan fingerprint density at radius 3 is 1.44 bits per heavy atom. The first-order valence-corrected chi connectivity index (χ1v) is 1.77. The van der Waals surface area contributed by atoms with Gasteiger partial charge in [0.2, 0.25) is 0 Å². The van der Waals surface area contributed by atoms with Gasteiger partial charge in [-0.2, -0.15) is 0 Å². The fourth-order valence-corrected chi connectivity index (χ4v) is 0.143. The molecule has 0 aromatic heterocycles. The van der Waals surface area contributed by atoms with Gasteiger partial charge in [0.1, 0.15) is 0 Å². The van der Waals surface area contributed by atoms with Gasteiger partial charge in [-0.25, -0.2) is 9.59 Å². The van der Waals surface area contributed by atoms with Crippen LogP contribution in [0.5, 0.6) is 0 Å². The summed E-state index contributed by atoms with van der Waals surface area (Å²) in [5.41, 5.74) is 0. The van der Waals surface area contributed by atoms with Crippen molar-refractivity contribution in [2.45, 2.75) is 0 Å². The number of carbonyl (C=O) groups is 2. The van der Waals surface area contributed by atoms with Gasteiger partial charge in [0.25, 0.3) is 0 Å². The van der Waals surface area contributed by atoms with Crippen LogP contribution in [0.2, 0.25) is 0 Å². The van der Waals surface area contributed by atoms with Crippen LogP contribution in [0, 0.1) is 0 Å². The largest absolute Gasteiger partial charge is 1.00 e. The average Bonchev–Trinajstić information content (AvgIpc) is 1.61. The second-order valence-corrected chi connectivity index (χ2v) is 1.01. The van der Waals surface area contributed by atoms with Crippen molar-refractivity contribution in [1.82, 2.24) is 0 Å². The van der Waals surface area contributed by atoms with Crippen LogP contribution >= 0.6 is 0 Å². The zero-order valence-corrected chi connectivity index (χ0v) is 9.78. The third-order valence-electron chi connectivity index (χ3n) is 0.368. The number of rotatable bonds is 2. The molecule has 0 saturated heterocycles. The Hall–Kier alpha value is 0.485. The molecule has 0 aliphatic carbocycles. The van der Waals surface area contributed by atoms with Gasteiger partial charge in [-0.15, -0.1) is 0 Å². The minimum Gasteiger partial charge on any atom is -1.00 e. The summed E-state index contributed by atoms with van der Waals surface area (Å²) in [5.74, 6) is -2.51. The van der Waals surface area contributed by atoms with Gasteiger partial charge in [-0.05, 0) is 0 Å². The molecule has 0 amide bonds. The first-order chi connectivity index (χ1) is 3.63. The number of carboxylic acid groups (broad SMARTS) is 2. The molecule has 0 fully saturated rings. The smallest absolute Gasteiger partial charge is 1.00 e. The van der Waals surface area contributed by atoms with Crippen LogP contribution in [0.3, 0.4) is 0 Å². The van der Waals surface area contributed by atoms with Crippen LogP contribution in [-0.4, -0.2) is 22.2 Å². The van der Waals surface area contributed by atoms with Crippen molar-refractivity contribution in [2.24, 2.45) is 0 Å². The summed E-state index contributed by atoms with van der Waals surface area (Å²) in [4.78, 5) is 19.1. The first kappa shape index (κ1) is 12.2. The number of aliphatic carboxylic acids is 2. The predicted molar refractivity (Wildman–Crippen MR) is 25.5 cm³/mol. The van der Waals surface area contributed by atoms with Gasteiger partial charge < -0.3 is 11.6 Å². The molecule has 46 valence electrons. The third-order valence-corrected chi connectivity index (χ3v) is 0.368. The molecule has 0 aliphatic heterocycles. The van der Waals surface area contributed by atoms with Gasteiger partial charge in [0.05, 0.1) is 0 Å². The second-order valence-electron chi connectivity index (χ2n) is 1.01. The Morgan fingerprint density at radius 2 is 1.33 bits per heavy atom. The molecular formula is C4H5O4Rb. The average molecular weight is 203 g/mol. The van der Waals surface area contributed by atoms with E-state index in [0.29, 0.717) is 12.2 Å². The summed E-state index contributed by atoms with van der Waals surface area (Å²) in [6.07, 6.45) is 1.12. The molecule has 0 bridgehead atoms. The molecule has 0 spiro atoms.